The van der Waals surface area contributed by atoms with E-state index in [4.69, 9.17) is 4.74 Å². The summed E-state index contributed by atoms with van der Waals surface area (Å²) in [5, 5.41) is 95.7. The molecule has 8 aromatic carbocycles. The fourth-order valence-corrected chi connectivity index (χ4v) is 9.96. The smallest absolute Gasteiger partial charge is 0.332 e. The van der Waals surface area contributed by atoms with Gasteiger partial charge in [0, 0.05) is 122 Å². The maximum absolute atomic E-state index is 12.0. The van der Waals surface area contributed by atoms with E-state index in [2.05, 4.69) is 4.74 Å². The van der Waals surface area contributed by atoms with Gasteiger partial charge in [-0.1, -0.05) is 97.1 Å². The molecule has 0 saturated heterocycles. The number of phenols is 8. The summed E-state index contributed by atoms with van der Waals surface area (Å²) < 4.78 is 9.49. The number of carbonyl (C=O) groups excluding carboxylic acids is 5. The molecule has 0 unspecified atom stereocenters. The third kappa shape index (κ3) is 11.3. The van der Waals surface area contributed by atoms with Crippen molar-refractivity contribution in [3.05, 3.63) is 235 Å². The number of fused-ring (bicyclic) bond motifs is 8. The van der Waals surface area contributed by atoms with Gasteiger partial charge in [-0.15, -0.1) is 0 Å². The van der Waals surface area contributed by atoms with Gasteiger partial charge in [0.2, 0.25) is 0 Å². The maximum atomic E-state index is 12.0. The second kappa shape index (κ2) is 22.6. The average Bonchev–Trinajstić information content (AvgIpc) is 3.54. The minimum Gasteiger partial charge on any atom is -0.507 e. The largest absolute Gasteiger partial charge is 0.507 e. The van der Waals surface area contributed by atoms with Crippen LogP contribution in [-0.4, -0.2) is 91.3 Å². The molecule has 0 radical (unpaired) electrons. The number of aromatic hydroxyl groups is 8. The Bertz CT molecular complexity index is 3020. The first-order valence-electron chi connectivity index (χ1n) is 24.4. The van der Waals surface area contributed by atoms with Gasteiger partial charge in [0.1, 0.15) is 83.3 Å². The summed E-state index contributed by atoms with van der Waals surface area (Å²) in [4.78, 5) is 58.2. The van der Waals surface area contributed by atoms with Crippen LogP contribution in [0.3, 0.4) is 0 Å². The van der Waals surface area contributed by atoms with Crippen LogP contribution in [0.25, 0.3) is 0 Å². The van der Waals surface area contributed by atoms with Crippen molar-refractivity contribution < 1.29 is 74.3 Å². The SMILES string of the molecule is COCC(=O)OC(C)(C)C.O=Cc1ccc(C2c3cc(c(O)cc3O)C(c3ccc(C=O)cc3)c3cc(c(O)cc3O)C(c3ccc(C=O)cc3)c3cc(c(O)cc3O)C(c3ccc(C=O)cc3)c3cc2c(O)cc3O)cc1. The Kier molecular flexibility index (Phi) is 15.8. The van der Waals surface area contributed by atoms with E-state index in [1.807, 2.05) is 20.8 Å². The molecule has 15 heteroatoms. The van der Waals surface area contributed by atoms with Crippen molar-refractivity contribution in [3.63, 3.8) is 0 Å². The van der Waals surface area contributed by atoms with E-state index < -0.39 is 75.3 Å². The van der Waals surface area contributed by atoms with Crippen LogP contribution in [0, 0.1) is 0 Å². The number of aldehydes is 4. The zero-order valence-electron chi connectivity index (χ0n) is 42.6. The molecule has 78 heavy (non-hydrogen) atoms. The predicted molar refractivity (Wildman–Crippen MR) is 288 cm³/mol. The Labute approximate surface area is 448 Å². The standard InChI is InChI=1S/C56H40O12.C7H14O3/c57-25-29-1-9-33(10-2-29)53-37-17-39(47(63)21-45(37)61)54(34-11-3-30(26-58)4-12-34)41-19-43(51(67)23-49(41)65)56(36-15-7-32(28-60)8-16-36)44-20-42(50(66)24-52(44)68)55(35-13-5-31(27-59)6-14-35)40-18-38(53)46(62)22-48(40)64;1-7(2,3)10-6(8)5-9-4/h1-28,53-56,61-68H;5H2,1-4H3. The quantitative estimate of drug-likeness (QED) is 0.0468. The summed E-state index contributed by atoms with van der Waals surface area (Å²) in [6, 6.07) is 35.7. The topological polar surface area (TPSA) is 266 Å². The highest BCUT2D eigenvalue weighted by Gasteiger charge is 2.35. The van der Waals surface area contributed by atoms with E-state index in [1.54, 1.807) is 97.1 Å². The van der Waals surface area contributed by atoms with Crippen molar-refractivity contribution in [2.75, 3.05) is 13.7 Å². The summed E-state index contributed by atoms with van der Waals surface area (Å²) in [5.74, 6) is -8.33. The number of carbonyl (C=O) groups is 5. The molecule has 1 aliphatic rings. The molecule has 8 N–H and O–H groups in total. The molecule has 0 aliphatic heterocycles. The van der Waals surface area contributed by atoms with Gasteiger partial charge in [-0.05, 0) is 67.3 Å². The van der Waals surface area contributed by atoms with Crippen molar-refractivity contribution in [2.24, 2.45) is 0 Å². The summed E-state index contributed by atoms with van der Waals surface area (Å²) >= 11 is 0. The van der Waals surface area contributed by atoms with Crippen LogP contribution in [-0.2, 0) is 14.3 Å². The van der Waals surface area contributed by atoms with Crippen molar-refractivity contribution in [1.29, 1.82) is 0 Å². The van der Waals surface area contributed by atoms with Crippen molar-refractivity contribution in [3.8, 4) is 46.0 Å². The van der Waals surface area contributed by atoms with Crippen molar-refractivity contribution >= 4 is 31.1 Å². The number of ether oxygens (including phenoxy) is 2. The van der Waals surface area contributed by atoms with Crippen LogP contribution in [0.1, 0.15) is 153 Å². The highest BCUT2D eigenvalue weighted by molar-refractivity contribution is 5.78. The molecule has 1 aliphatic carbocycles. The molecule has 0 amide bonds. The van der Waals surface area contributed by atoms with Crippen LogP contribution < -0.4 is 0 Å². The van der Waals surface area contributed by atoms with Crippen molar-refractivity contribution in [1.82, 2.24) is 0 Å². The van der Waals surface area contributed by atoms with Crippen LogP contribution in [0.4, 0.5) is 0 Å². The van der Waals surface area contributed by atoms with Crippen LogP contribution in [0.5, 0.6) is 46.0 Å². The molecule has 0 atom stereocenters. The molecule has 0 heterocycles. The van der Waals surface area contributed by atoms with Gasteiger partial charge in [0.25, 0.3) is 0 Å². The molecule has 0 fully saturated rings. The summed E-state index contributed by atoms with van der Waals surface area (Å²) in [6.07, 6.45) is 2.60. The molecule has 8 aromatic rings. The lowest BCUT2D eigenvalue weighted by Gasteiger charge is -2.29. The third-order valence-electron chi connectivity index (χ3n) is 13.5. The third-order valence-corrected chi connectivity index (χ3v) is 13.5. The number of hydrogen-bond donors (Lipinski definition) is 8. The zero-order valence-corrected chi connectivity index (χ0v) is 42.6. The Morgan fingerprint density at radius 3 is 0.718 bits per heavy atom. The first-order chi connectivity index (χ1) is 37.3. The average molecular weight is 1050 g/mol. The zero-order chi connectivity index (χ0) is 56.2. The van der Waals surface area contributed by atoms with E-state index in [9.17, 15) is 64.8 Å². The van der Waals surface area contributed by atoms with Gasteiger partial charge >= 0.3 is 5.97 Å². The minimum absolute atomic E-state index is 0.0251. The van der Waals surface area contributed by atoms with Gasteiger partial charge in [-0.3, -0.25) is 19.2 Å². The highest BCUT2D eigenvalue weighted by Crippen LogP contribution is 2.53. The molecule has 396 valence electrons. The lowest BCUT2D eigenvalue weighted by Crippen LogP contribution is -2.26. The van der Waals surface area contributed by atoms with Crippen LogP contribution in [0.15, 0.2) is 146 Å². The Hall–Kier alpha value is -9.73. The fourth-order valence-electron chi connectivity index (χ4n) is 9.96. The highest BCUT2D eigenvalue weighted by atomic mass is 16.6. The second-order valence-corrected chi connectivity index (χ2v) is 19.8. The minimum atomic E-state index is -1.13. The summed E-state index contributed by atoms with van der Waals surface area (Å²) in [7, 11) is 1.46. The summed E-state index contributed by atoms with van der Waals surface area (Å²) in [5.41, 5.74) is 3.48. The molecular formula is C63H54O15. The fraction of sp³-hybridized carbons (Fsp3) is 0.159. The molecule has 0 spiro atoms. The predicted octanol–water partition coefficient (Wildman–Crippen LogP) is 10.6. The van der Waals surface area contributed by atoms with Crippen molar-refractivity contribution in [2.45, 2.75) is 50.0 Å². The number of phenolic OH excluding ortho intramolecular Hbond substituents is 8. The Morgan fingerprint density at radius 2 is 0.564 bits per heavy atom. The van der Waals surface area contributed by atoms with Gasteiger partial charge in [0.15, 0.2) is 0 Å². The molecular weight excluding hydrogens is 997 g/mol. The van der Waals surface area contributed by atoms with Crippen LogP contribution in [0.2, 0.25) is 0 Å². The van der Waals surface area contributed by atoms with Gasteiger partial charge in [-0.2, -0.15) is 0 Å². The maximum Gasteiger partial charge on any atom is 0.332 e. The monoisotopic (exact) mass is 1050 g/mol. The Morgan fingerprint density at radius 1 is 0.372 bits per heavy atom. The number of methoxy groups -OCH3 is 1. The summed E-state index contributed by atoms with van der Waals surface area (Å²) in [6.45, 7) is 5.49. The lowest BCUT2D eigenvalue weighted by atomic mass is 9.75. The van der Waals surface area contributed by atoms with E-state index >= 15 is 0 Å². The van der Waals surface area contributed by atoms with Gasteiger partial charge < -0.3 is 50.3 Å². The number of esters is 1. The number of benzene rings is 8. The first kappa shape index (κ1) is 54.5. The normalized spacial score (nSPS) is 15.7. The molecule has 0 aromatic heterocycles. The number of hydrogen-bond acceptors (Lipinski definition) is 15. The molecule has 8 bridgehead atoms. The van der Waals surface area contributed by atoms with E-state index in [-0.39, 0.29) is 57.1 Å². The van der Waals surface area contributed by atoms with E-state index in [0.29, 0.717) is 69.7 Å². The molecule has 9 rings (SSSR count). The van der Waals surface area contributed by atoms with E-state index in [1.165, 1.54) is 31.4 Å². The molecule has 0 saturated carbocycles. The van der Waals surface area contributed by atoms with Crippen LogP contribution >= 0.6 is 0 Å². The number of rotatable bonds is 10. The van der Waals surface area contributed by atoms with Gasteiger partial charge in [0.05, 0.1) is 0 Å². The molecule has 15 nitrogen and oxygen atoms in total. The second-order valence-electron chi connectivity index (χ2n) is 19.8. The Balaban J connectivity index is 0.000000730. The lowest BCUT2D eigenvalue weighted by molar-refractivity contribution is -0.159. The van der Waals surface area contributed by atoms with E-state index in [0.717, 1.165) is 24.3 Å². The first-order valence-corrected chi connectivity index (χ1v) is 24.4. The van der Waals surface area contributed by atoms with Gasteiger partial charge in [-0.25, -0.2) is 4.79 Å².